The molecule has 0 aliphatic heterocycles. The third-order valence-corrected chi connectivity index (χ3v) is 5.07. The van der Waals surface area contributed by atoms with Crippen LogP contribution in [0.25, 0.3) is 0 Å². The molecule has 14 heteroatoms. The van der Waals surface area contributed by atoms with E-state index in [1.54, 1.807) is 0 Å². The van der Waals surface area contributed by atoms with Gasteiger partial charge in [-0.25, -0.2) is 16.8 Å². The molecule has 10 nitrogen and oxygen atoms in total. The first-order valence-corrected chi connectivity index (χ1v) is 11.4. The number of hydrogen-bond donors (Lipinski definition) is 0. The third kappa shape index (κ3) is 14.1. The molecule has 0 amide bonds. The van der Waals surface area contributed by atoms with Crippen molar-refractivity contribution in [2.75, 3.05) is 24.7 Å². The summed E-state index contributed by atoms with van der Waals surface area (Å²) in [6.45, 7) is 0.0804. The van der Waals surface area contributed by atoms with E-state index < -0.39 is 31.7 Å². The minimum atomic E-state index is -4.30. The van der Waals surface area contributed by atoms with Crippen molar-refractivity contribution in [2.24, 2.45) is 0 Å². The molecule has 0 radical (unpaired) electrons. The summed E-state index contributed by atoms with van der Waals surface area (Å²) in [5, 5.41) is 0. The van der Waals surface area contributed by atoms with Crippen molar-refractivity contribution < 1.29 is 104 Å². The van der Waals surface area contributed by atoms with Gasteiger partial charge < -0.3 is 18.6 Å². The Balaban J connectivity index is 0. The Hall–Kier alpha value is -0.0200. The first kappa shape index (κ1) is 32.2. The van der Waals surface area contributed by atoms with Crippen molar-refractivity contribution in [3.63, 3.8) is 0 Å². The van der Waals surface area contributed by atoms with E-state index in [9.17, 15) is 35.5 Å². The van der Waals surface area contributed by atoms with Gasteiger partial charge in [-0.2, -0.15) is 0 Å². The second-order valence-corrected chi connectivity index (χ2v) is 8.85. The Kier molecular flexibility index (Phi) is 16.9. The van der Waals surface area contributed by atoms with E-state index in [1.807, 2.05) is 0 Å². The maximum Gasteiger partial charge on any atom is 1.00 e. The average Bonchev–Trinajstić information content (AvgIpc) is 2.59. The van der Waals surface area contributed by atoms with Gasteiger partial charge in [0.1, 0.15) is 11.5 Å². The van der Waals surface area contributed by atoms with Crippen LogP contribution in [0.4, 0.5) is 0 Å². The fraction of sp³-hybridized carbons (Fsp3) is 0.500. The molecule has 0 bridgehead atoms. The number of carbonyl (C=O) groups excluding carboxylic acids is 2. The monoisotopic (exact) mass is 482 g/mol. The van der Waals surface area contributed by atoms with Crippen LogP contribution in [0.2, 0.25) is 0 Å². The van der Waals surface area contributed by atoms with Gasteiger partial charge in [-0.3, -0.25) is 9.59 Å². The Labute approximate surface area is 220 Å². The van der Waals surface area contributed by atoms with E-state index in [4.69, 9.17) is 9.47 Å². The Morgan fingerprint density at radius 1 is 0.700 bits per heavy atom. The second kappa shape index (κ2) is 15.7. The summed E-state index contributed by atoms with van der Waals surface area (Å²) in [7, 11) is -8.59. The molecule has 0 fully saturated rings. The zero-order chi connectivity index (χ0) is 21.2. The van der Waals surface area contributed by atoms with Crippen LogP contribution >= 0.6 is 0 Å². The van der Waals surface area contributed by atoms with Gasteiger partial charge in [-0.15, -0.1) is 0 Å². The molecule has 158 valence electrons. The molecule has 1 aromatic carbocycles. The van der Waals surface area contributed by atoms with E-state index in [2.05, 4.69) is 0 Å². The van der Waals surface area contributed by atoms with Gasteiger partial charge in [0.2, 0.25) is 0 Å². The largest absolute Gasteiger partial charge is 1.00 e. The molecule has 0 spiro atoms. The molecule has 0 aliphatic rings. The topological polar surface area (TPSA) is 167 Å². The SMILES string of the molecule is O=Cc1cc(OCCCCS(=O)(=O)[O-])c(C=O)cc1OCCCCS(=O)(=O)[O-].[Na+].[Na+]. The summed E-state index contributed by atoms with van der Waals surface area (Å²) < 4.78 is 73.9. The number of aldehydes is 2. The number of carbonyl (C=O) groups is 2. The van der Waals surface area contributed by atoms with Gasteiger partial charge in [0.15, 0.2) is 12.6 Å². The van der Waals surface area contributed by atoms with Crippen molar-refractivity contribution >= 4 is 32.8 Å². The molecule has 0 aromatic heterocycles. The molecule has 0 N–H and O–H groups in total. The summed E-state index contributed by atoms with van der Waals surface area (Å²) in [6.07, 6.45) is 1.70. The van der Waals surface area contributed by atoms with Gasteiger partial charge in [0.05, 0.1) is 44.6 Å². The minimum Gasteiger partial charge on any atom is -0.748 e. The van der Waals surface area contributed by atoms with Crippen LogP contribution in [0, 0.1) is 0 Å². The number of benzene rings is 1. The predicted molar refractivity (Wildman–Crippen MR) is 95.8 cm³/mol. The Morgan fingerprint density at radius 3 is 1.30 bits per heavy atom. The standard InChI is InChI=1S/C16H22O10S2.2Na/c17-11-13-10-16(26-6-2-4-8-28(22,23)24)14(12-18)9-15(13)25-5-1-3-7-27(19,20)21;;/h9-12H,1-8H2,(H,19,20,21)(H,22,23,24);;/q;2*+1/p-2. The molecule has 1 rings (SSSR count). The Bertz CT molecular complexity index is 812. The molecule has 0 saturated carbocycles. The van der Waals surface area contributed by atoms with Gasteiger partial charge in [0, 0.05) is 11.5 Å². The van der Waals surface area contributed by atoms with Crippen molar-refractivity contribution in [2.45, 2.75) is 25.7 Å². The normalized spacial score (nSPS) is 11.0. The van der Waals surface area contributed by atoms with Crippen LogP contribution in [0.3, 0.4) is 0 Å². The number of ether oxygens (including phenoxy) is 2. The van der Waals surface area contributed by atoms with Gasteiger partial charge in [0.25, 0.3) is 0 Å². The van der Waals surface area contributed by atoms with Crippen LogP contribution in [0.1, 0.15) is 46.4 Å². The summed E-state index contributed by atoms with van der Waals surface area (Å²) in [5.74, 6) is -0.827. The van der Waals surface area contributed by atoms with Crippen LogP contribution in [-0.2, 0) is 20.2 Å². The van der Waals surface area contributed by atoms with E-state index in [-0.39, 0.29) is 121 Å². The second-order valence-electron chi connectivity index (χ2n) is 5.80. The smallest absolute Gasteiger partial charge is 0.748 e. The van der Waals surface area contributed by atoms with Crippen molar-refractivity contribution in [1.82, 2.24) is 0 Å². The summed E-state index contributed by atoms with van der Waals surface area (Å²) >= 11 is 0. The van der Waals surface area contributed by atoms with Crippen LogP contribution in [0.5, 0.6) is 11.5 Å². The van der Waals surface area contributed by atoms with Crippen molar-refractivity contribution in [3.8, 4) is 11.5 Å². The van der Waals surface area contributed by atoms with Gasteiger partial charge in [-0.05, 0) is 37.8 Å². The third-order valence-electron chi connectivity index (χ3n) is 3.49. The minimum absolute atomic E-state index is 0. The van der Waals surface area contributed by atoms with Crippen LogP contribution < -0.4 is 68.6 Å². The van der Waals surface area contributed by atoms with E-state index in [0.717, 1.165) is 0 Å². The molecular formula is C16H20Na2O10S2. The van der Waals surface area contributed by atoms with Gasteiger partial charge >= 0.3 is 59.1 Å². The molecule has 0 atom stereocenters. The quantitative estimate of drug-likeness (QED) is 0.108. The van der Waals surface area contributed by atoms with Crippen molar-refractivity contribution in [1.29, 1.82) is 0 Å². The maximum atomic E-state index is 11.2. The number of rotatable bonds is 14. The predicted octanol–water partition coefficient (Wildman–Crippen LogP) is -5.27. The van der Waals surface area contributed by atoms with E-state index in [1.165, 1.54) is 12.1 Å². The summed E-state index contributed by atoms with van der Waals surface area (Å²) in [4.78, 5) is 22.5. The van der Waals surface area contributed by atoms with Gasteiger partial charge in [-0.1, -0.05) is 0 Å². The molecule has 0 unspecified atom stereocenters. The van der Waals surface area contributed by atoms with Crippen molar-refractivity contribution in [3.05, 3.63) is 23.3 Å². The number of unbranched alkanes of at least 4 members (excludes halogenated alkanes) is 2. The first-order chi connectivity index (χ1) is 13.1. The van der Waals surface area contributed by atoms with E-state index in [0.29, 0.717) is 12.6 Å². The summed E-state index contributed by atoms with van der Waals surface area (Å²) in [5.41, 5.74) is 0.193. The Morgan fingerprint density at radius 2 is 1.03 bits per heavy atom. The van der Waals surface area contributed by atoms with E-state index >= 15 is 0 Å². The summed E-state index contributed by atoms with van der Waals surface area (Å²) in [6, 6.07) is 2.58. The molecule has 1 aromatic rings. The molecule has 30 heavy (non-hydrogen) atoms. The first-order valence-electron chi connectivity index (χ1n) is 8.27. The fourth-order valence-electron chi connectivity index (χ4n) is 2.15. The zero-order valence-electron chi connectivity index (χ0n) is 16.9. The molecule has 0 aliphatic carbocycles. The maximum absolute atomic E-state index is 11.2. The van der Waals surface area contributed by atoms with Crippen LogP contribution in [-0.4, -0.2) is 63.2 Å². The molecular weight excluding hydrogens is 462 g/mol. The molecule has 0 heterocycles. The average molecular weight is 482 g/mol. The fourth-order valence-corrected chi connectivity index (χ4v) is 3.27. The zero-order valence-corrected chi connectivity index (χ0v) is 22.5. The van der Waals surface area contributed by atoms with Crippen LogP contribution in [0.15, 0.2) is 12.1 Å². The number of hydrogen-bond acceptors (Lipinski definition) is 10. The molecule has 0 saturated heterocycles.